The number of halogens is 2. The summed E-state index contributed by atoms with van der Waals surface area (Å²) in [6, 6.07) is 22.5. The monoisotopic (exact) mass is 544 g/mol. The lowest BCUT2D eigenvalue weighted by Gasteiger charge is -2.19. The van der Waals surface area contributed by atoms with Crippen molar-refractivity contribution in [3.63, 3.8) is 0 Å². The van der Waals surface area contributed by atoms with Crippen LogP contribution < -0.4 is 5.32 Å². The molecule has 36 heavy (non-hydrogen) atoms. The summed E-state index contributed by atoms with van der Waals surface area (Å²) in [5.41, 5.74) is 2.51. The number of carboxylic acids is 1. The van der Waals surface area contributed by atoms with E-state index in [4.69, 9.17) is 33.4 Å². The number of carboxylic acid groups (broad SMARTS) is 1. The summed E-state index contributed by atoms with van der Waals surface area (Å²) in [4.78, 5) is 11.0. The topological polar surface area (TPSA) is 111 Å². The molecule has 3 aromatic rings. The molecule has 186 valence electrons. The number of hydrogen-bond acceptors (Lipinski definition) is 4. The van der Waals surface area contributed by atoms with Crippen molar-refractivity contribution < 1.29 is 18.3 Å². The van der Waals surface area contributed by atoms with E-state index >= 15 is 0 Å². The SMILES string of the molecule is O=C(O)CCN/C(=N\S(=O)(=O)c1ccc(Cl)cc1)N1CC(c2ccccc2)C(c2ccc(Cl)cc2)=N1. The van der Waals surface area contributed by atoms with Crippen molar-refractivity contribution in [3.05, 3.63) is 100 Å². The Balaban J connectivity index is 1.75. The van der Waals surface area contributed by atoms with E-state index in [1.807, 2.05) is 42.5 Å². The predicted molar refractivity (Wildman–Crippen MR) is 140 cm³/mol. The van der Waals surface area contributed by atoms with E-state index in [1.54, 1.807) is 12.1 Å². The normalized spacial score (nSPS) is 16.1. The molecule has 0 saturated heterocycles. The lowest BCUT2D eigenvalue weighted by molar-refractivity contribution is -0.136. The highest BCUT2D eigenvalue weighted by Gasteiger charge is 2.32. The standard InChI is InChI=1S/C25H22Cl2N4O4S/c26-19-8-6-18(7-9-19)24-22(17-4-2-1-3-5-17)16-31(29-24)25(28-15-14-23(32)33)30-36(34,35)21-12-10-20(27)11-13-21/h1-13,22H,14-16H2,(H,28,30)(H,32,33). The van der Waals surface area contributed by atoms with E-state index in [0.717, 1.165) is 11.1 Å². The predicted octanol–water partition coefficient (Wildman–Crippen LogP) is 4.61. The van der Waals surface area contributed by atoms with E-state index in [0.29, 0.717) is 15.8 Å². The van der Waals surface area contributed by atoms with Gasteiger partial charge in [0.05, 0.1) is 23.6 Å². The highest BCUT2D eigenvalue weighted by atomic mass is 35.5. The second kappa shape index (κ2) is 11.1. The van der Waals surface area contributed by atoms with Crippen molar-refractivity contribution in [1.29, 1.82) is 0 Å². The zero-order valence-corrected chi connectivity index (χ0v) is 21.2. The molecular weight excluding hydrogens is 523 g/mol. The average molecular weight is 545 g/mol. The Hall–Kier alpha value is -3.40. The molecule has 0 aromatic heterocycles. The van der Waals surface area contributed by atoms with Crippen molar-refractivity contribution in [2.75, 3.05) is 13.1 Å². The van der Waals surface area contributed by atoms with Gasteiger partial charge in [-0.05, 0) is 47.5 Å². The van der Waals surface area contributed by atoms with Crippen molar-refractivity contribution in [3.8, 4) is 0 Å². The molecule has 4 rings (SSSR count). The van der Waals surface area contributed by atoms with Crippen LogP contribution in [0.2, 0.25) is 10.0 Å². The summed E-state index contributed by atoms with van der Waals surface area (Å²) in [6.07, 6.45) is -0.232. The van der Waals surface area contributed by atoms with Crippen LogP contribution in [0.3, 0.4) is 0 Å². The van der Waals surface area contributed by atoms with Gasteiger partial charge in [-0.25, -0.2) is 5.01 Å². The van der Waals surface area contributed by atoms with Crippen LogP contribution in [0.25, 0.3) is 0 Å². The number of rotatable bonds is 7. The summed E-state index contributed by atoms with van der Waals surface area (Å²) in [7, 11) is -4.14. The summed E-state index contributed by atoms with van der Waals surface area (Å²) in [6.45, 7) is 0.250. The van der Waals surface area contributed by atoms with Gasteiger partial charge in [-0.1, -0.05) is 65.7 Å². The fraction of sp³-hybridized carbons (Fsp3) is 0.160. The van der Waals surface area contributed by atoms with Crippen molar-refractivity contribution in [2.45, 2.75) is 17.2 Å². The summed E-state index contributed by atoms with van der Waals surface area (Å²) in [5.74, 6) is -1.30. The first-order valence-corrected chi connectivity index (χ1v) is 13.2. The molecular formula is C25H22Cl2N4O4S. The van der Waals surface area contributed by atoms with Crippen molar-refractivity contribution >= 4 is 50.9 Å². The molecule has 1 heterocycles. The third-order valence-electron chi connectivity index (χ3n) is 5.44. The molecule has 1 aliphatic heterocycles. The number of benzene rings is 3. The van der Waals surface area contributed by atoms with E-state index in [1.165, 1.54) is 29.3 Å². The van der Waals surface area contributed by atoms with Crippen molar-refractivity contribution in [1.82, 2.24) is 10.3 Å². The molecule has 1 atom stereocenters. The summed E-state index contributed by atoms with van der Waals surface area (Å²) < 4.78 is 30.1. The first kappa shape index (κ1) is 25.7. The van der Waals surface area contributed by atoms with Gasteiger partial charge in [0, 0.05) is 22.5 Å². The lowest BCUT2D eigenvalue weighted by atomic mass is 9.91. The van der Waals surface area contributed by atoms with Crippen molar-refractivity contribution in [2.24, 2.45) is 9.50 Å². The van der Waals surface area contributed by atoms with Gasteiger partial charge in [0.15, 0.2) is 0 Å². The van der Waals surface area contributed by atoms with E-state index in [9.17, 15) is 13.2 Å². The number of carbonyl (C=O) groups is 1. The minimum atomic E-state index is -4.14. The largest absolute Gasteiger partial charge is 0.481 e. The maximum atomic E-state index is 13.1. The summed E-state index contributed by atoms with van der Waals surface area (Å²) in [5, 5.41) is 19.1. The van der Waals surface area contributed by atoms with Crippen LogP contribution in [0.1, 0.15) is 23.5 Å². The fourth-order valence-corrected chi connectivity index (χ4v) is 4.91. The number of hydrogen-bond donors (Lipinski definition) is 2. The third-order valence-corrected chi connectivity index (χ3v) is 7.23. The van der Waals surface area contributed by atoms with Gasteiger partial charge < -0.3 is 10.4 Å². The molecule has 0 spiro atoms. The van der Waals surface area contributed by atoms with Gasteiger partial charge in [-0.3, -0.25) is 4.79 Å². The van der Waals surface area contributed by atoms with Gasteiger partial charge in [0.1, 0.15) is 0 Å². The maximum Gasteiger partial charge on any atom is 0.305 e. The fourth-order valence-electron chi connectivity index (χ4n) is 3.69. The number of aliphatic carboxylic acids is 1. The third kappa shape index (κ3) is 6.23. The Kier molecular flexibility index (Phi) is 7.93. The van der Waals surface area contributed by atoms with Crippen LogP contribution in [-0.4, -0.2) is 49.3 Å². The molecule has 0 fully saturated rings. The molecule has 2 N–H and O–H groups in total. The van der Waals surface area contributed by atoms with E-state index in [-0.39, 0.29) is 36.3 Å². The molecule has 0 bridgehead atoms. The Labute approximate surface area is 218 Å². The first-order chi connectivity index (χ1) is 17.2. The maximum absolute atomic E-state index is 13.1. The highest BCUT2D eigenvalue weighted by Crippen LogP contribution is 2.30. The van der Waals surface area contributed by atoms with Crippen LogP contribution >= 0.6 is 23.2 Å². The highest BCUT2D eigenvalue weighted by molar-refractivity contribution is 7.90. The molecule has 0 radical (unpaired) electrons. The zero-order valence-electron chi connectivity index (χ0n) is 18.9. The molecule has 1 unspecified atom stereocenters. The van der Waals surface area contributed by atoms with E-state index in [2.05, 4.69) is 9.71 Å². The summed E-state index contributed by atoms with van der Waals surface area (Å²) >= 11 is 12.0. The van der Waals surface area contributed by atoms with Crippen LogP contribution in [0.5, 0.6) is 0 Å². The van der Waals surface area contributed by atoms with Gasteiger partial charge in [0.2, 0.25) is 5.96 Å². The molecule has 0 aliphatic carbocycles. The molecule has 8 nitrogen and oxygen atoms in total. The molecule has 11 heteroatoms. The minimum Gasteiger partial charge on any atom is -0.481 e. The minimum absolute atomic E-state index is 0.0391. The Bertz CT molecular complexity index is 1390. The second-order valence-corrected chi connectivity index (χ2v) is 10.4. The Morgan fingerprint density at radius 2 is 1.61 bits per heavy atom. The van der Waals surface area contributed by atoms with Gasteiger partial charge in [-0.15, -0.1) is 4.40 Å². The lowest BCUT2D eigenvalue weighted by Crippen LogP contribution is -2.39. The molecule has 0 saturated carbocycles. The van der Waals surface area contributed by atoms with Crippen LogP contribution in [0.4, 0.5) is 0 Å². The average Bonchev–Trinajstić information content (AvgIpc) is 3.30. The van der Waals surface area contributed by atoms with Gasteiger partial charge in [-0.2, -0.15) is 13.5 Å². The van der Waals surface area contributed by atoms with Crippen LogP contribution in [-0.2, 0) is 14.8 Å². The van der Waals surface area contributed by atoms with Crippen LogP contribution in [0, 0.1) is 0 Å². The smallest absolute Gasteiger partial charge is 0.305 e. The van der Waals surface area contributed by atoms with E-state index < -0.39 is 16.0 Å². The number of guanidine groups is 1. The quantitative estimate of drug-likeness (QED) is 0.332. The molecule has 3 aromatic carbocycles. The number of nitrogens with one attached hydrogen (secondary N) is 1. The number of hydrazone groups is 1. The number of sulfonamides is 1. The zero-order chi connectivity index (χ0) is 25.7. The van der Waals surface area contributed by atoms with Gasteiger partial charge >= 0.3 is 5.97 Å². The van der Waals surface area contributed by atoms with Crippen LogP contribution in [0.15, 0.2) is 93.3 Å². The Morgan fingerprint density at radius 3 is 2.22 bits per heavy atom. The molecule has 0 amide bonds. The van der Waals surface area contributed by atoms with Gasteiger partial charge in [0.25, 0.3) is 10.0 Å². The number of nitrogens with zero attached hydrogens (tertiary/aromatic N) is 3. The molecule has 1 aliphatic rings. The second-order valence-electron chi connectivity index (χ2n) is 7.95. The first-order valence-electron chi connectivity index (χ1n) is 11.0. The Morgan fingerprint density at radius 1 is 1.00 bits per heavy atom.